The van der Waals surface area contributed by atoms with Crippen molar-refractivity contribution in [2.24, 2.45) is 5.11 Å². The van der Waals surface area contributed by atoms with Crippen molar-refractivity contribution in [3.63, 3.8) is 0 Å². The SMILES string of the molecule is [N-]=[N+]=NCC(=O)NCCCN1CCCCC1. The van der Waals surface area contributed by atoms with Crippen molar-refractivity contribution in [1.29, 1.82) is 0 Å². The van der Waals surface area contributed by atoms with Crippen LogP contribution in [0, 0.1) is 0 Å². The summed E-state index contributed by atoms with van der Waals surface area (Å²) in [5.74, 6) is -0.198. The van der Waals surface area contributed by atoms with Crippen LogP contribution in [0.4, 0.5) is 0 Å². The lowest BCUT2D eigenvalue weighted by atomic mass is 10.1. The van der Waals surface area contributed by atoms with Crippen LogP contribution in [0.3, 0.4) is 0 Å². The van der Waals surface area contributed by atoms with Crippen LogP contribution in [0.5, 0.6) is 0 Å². The minimum atomic E-state index is -0.198. The van der Waals surface area contributed by atoms with E-state index in [9.17, 15) is 4.79 Å². The highest BCUT2D eigenvalue weighted by molar-refractivity contribution is 5.78. The smallest absolute Gasteiger partial charge is 0.225 e. The second-order valence-corrected chi connectivity index (χ2v) is 3.99. The van der Waals surface area contributed by atoms with Gasteiger partial charge in [0.25, 0.3) is 0 Å². The molecule has 1 amide bonds. The van der Waals surface area contributed by atoms with Crippen molar-refractivity contribution < 1.29 is 4.79 Å². The Morgan fingerprint density at radius 3 is 2.81 bits per heavy atom. The molecule has 0 spiro atoms. The highest BCUT2D eigenvalue weighted by Gasteiger charge is 2.08. The van der Waals surface area contributed by atoms with Crippen molar-refractivity contribution in [2.45, 2.75) is 25.7 Å². The largest absolute Gasteiger partial charge is 0.356 e. The Balaban J connectivity index is 1.98. The summed E-state index contributed by atoms with van der Waals surface area (Å²) >= 11 is 0. The maximum atomic E-state index is 11.1. The molecule has 1 N–H and O–H groups in total. The van der Waals surface area contributed by atoms with Crippen molar-refractivity contribution >= 4 is 5.91 Å². The maximum absolute atomic E-state index is 11.1. The lowest BCUT2D eigenvalue weighted by Gasteiger charge is -2.26. The van der Waals surface area contributed by atoms with Gasteiger partial charge in [0.1, 0.15) is 6.54 Å². The molecule has 1 aliphatic heterocycles. The summed E-state index contributed by atoms with van der Waals surface area (Å²) in [6.45, 7) is 3.98. The number of carbonyl (C=O) groups excluding carboxylic acids is 1. The quantitative estimate of drug-likeness (QED) is 0.320. The van der Waals surface area contributed by atoms with Gasteiger partial charge in [0, 0.05) is 11.5 Å². The van der Waals surface area contributed by atoms with Gasteiger partial charge in [-0.1, -0.05) is 11.5 Å². The molecule has 0 aromatic carbocycles. The molecule has 16 heavy (non-hydrogen) atoms. The molecular weight excluding hydrogens is 206 g/mol. The molecule has 0 saturated carbocycles. The zero-order valence-corrected chi connectivity index (χ0v) is 9.56. The van der Waals surface area contributed by atoms with Crippen molar-refractivity contribution in [2.75, 3.05) is 32.7 Å². The Bertz CT molecular complexity index is 256. The van der Waals surface area contributed by atoms with Crippen LogP contribution >= 0.6 is 0 Å². The maximum Gasteiger partial charge on any atom is 0.225 e. The normalized spacial score (nSPS) is 16.5. The molecule has 1 aliphatic rings. The van der Waals surface area contributed by atoms with Crippen LogP contribution in [-0.4, -0.2) is 43.5 Å². The molecule has 0 atom stereocenters. The van der Waals surface area contributed by atoms with Gasteiger partial charge in [-0.2, -0.15) is 0 Å². The zero-order valence-electron chi connectivity index (χ0n) is 9.56. The summed E-state index contributed by atoms with van der Waals surface area (Å²) in [5, 5.41) is 5.92. The molecule has 1 saturated heterocycles. The summed E-state index contributed by atoms with van der Waals surface area (Å²) < 4.78 is 0. The van der Waals surface area contributed by atoms with Crippen LogP contribution in [0.25, 0.3) is 10.4 Å². The molecule has 0 unspecified atom stereocenters. The number of nitrogens with one attached hydrogen (secondary N) is 1. The minimum absolute atomic E-state index is 0.0970. The Morgan fingerprint density at radius 2 is 2.12 bits per heavy atom. The van der Waals surface area contributed by atoms with E-state index in [-0.39, 0.29) is 12.5 Å². The fourth-order valence-corrected chi connectivity index (χ4v) is 1.87. The number of hydrogen-bond acceptors (Lipinski definition) is 3. The third-order valence-corrected chi connectivity index (χ3v) is 2.70. The molecule has 6 nitrogen and oxygen atoms in total. The predicted octanol–water partition coefficient (Wildman–Crippen LogP) is 1.29. The van der Waals surface area contributed by atoms with E-state index in [1.165, 1.54) is 32.4 Å². The molecule has 0 aromatic heterocycles. The summed E-state index contributed by atoms with van der Waals surface area (Å²) in [5.41, 5.74) is 8.03. The van der Waals surface area contributed by atoms with Gasteiger partial charge >= 0.3 is 0 Å². The predicted molar refractivity (Wildman–Crippen MR) is 61.9 cm³/mol. The van der Waals surface area contributed by atoms with E-state index in [1.54, 1.807) is 0 Å². The average Bonchev–Trinajstić information content (AvgIpc) is 2.33. The molecule has 6 heteroatoms. The van der Waals surface area contributed by atoms with Gasteiger partial charge in [-0.3, -0.25) is 4.79 Å². The zero-order chi connectivity index (χ0) is 11.6. The minimum Gasteiger partial charge on any atom is -0.356 e. The number of piperidine rings is 1. The van der Waals surface area contributed by atoms with Gasteiger partial charge in [0.15, 0.2) is 0 Å². The topological polar surface area (TPSA) is 81.1 Å². The Morgan fingerprint density at radius 1 is 1.38 bits per heavy atom. The first-order chi connectivity index (χ1) is 7.83. The van der Waals surface area contributed by atoms with Gasteiger partial charge in [0.2, 0.25) is 5.91 Å². The lowest BCUT2D eigenvalue weighted by Crippen LogP contribution is -2.33. The number of amides is 1. The Hall–Kier alpha value is -1.26. The molecule has 1 rings (SSSR count). The monoisotopic (exact) mass is 225 g/mol. The number of carbonyl (C=O) groups is 1. The number of likely N-dealkylation sites (tertiary alicyclic amines) is 1. The summed E-state index contributed by atoms with van der Waals surface area (Å²) in [6, 6.07) is 0. The van der Waals surface area contributed by atoms with Crippen molar-refractivity contribution in [3.8, 4) is 0 Å². The van der Waals surface area contributed by atoms with Crippen molar-refractivity contribution in [3.05, 3.63) is 10.4 Å². The van der Waals surface area contributed by atoms with E-state index >= 15 is 0 Å². The second kappa shape index (κ2) is 7.96. The number of hydrogen-bond donors (Lipinski definition) is 1. The summed E-state index contributed by atoms with van der Waals surface area (Å²) in [6.07, 6.45) is 4.90. The number of nitrogens with zero attached hydrogens (tertiary/aromatic N) is 4. The van der Waals surface area contributed by atoms with E-state index in [0.29, 0.717) is 6.54 Å². The Labute approximate surface area is 95.6 Å². The highest BCUT2D eigenvalue weighted by Crippen LogP contribution is 2.08. The first-order valence-corrected chi connectivity index (χ1v) is 5.83. The van der Waals surface area contributed by atoms with Crippen LogP contribution < -0.4 is 5.32 Å². The summed E-state index contributed by atoms with van der Waals surface area (Å²) in [4.78, 5) is 16.0. The van der Waals surface area contributed by atoms with Gasteiger partial charge < -0.3 is 10.2 Å². The van der Waals surface area contributed by atoms with Gasteiger partial charge in [-0.25, -0.2) is 0 Å². The van der Waals surface area contributed by atoms with Crippen molar-refractivity contribution in [1.82, 2.24) is 10.2 Å². The van der Waals surface area contributed by atoms with Crippen LogP contribution in [0.1, 0.15) is 25.7 Å². The highest BCUT2D eigenvalue weighted by atomic mass is 16.1. The second-order valence-electron chi connectivity index (χ2n) is 3.99. The number of rotatable bonds is 6. The van der Waals surface area contributed by atoms with E-state index in [4.69, 9.17) is 5.53 Å². The van der Waals surface area contributed by atoms with Crippen LogP contribution in [0.15, 0.2) is 5.11 Å². The van der Waals surface area contributed by atoms with Gasteiger partial charge in [-0.15, -0.1) is 0 Å². The van der Waals surface area contributed by atoms with Gasteiger partial charge in [0.05, 0.1) is 0 Å². The molecule has 1 heterocycles. The molecular formula is C10H19N5O. The third-order valence-electron chi connectivity index (χ3n) is 2.70. The van der Waals surface area contributed by atoms with Gasteiger partial charge in [-0.05, 0) is 44.4 Å². The third kappa shape index (κ3) is 5.58. The molecule has 0 aromatic rings. The lowest BCUT2D eigenvalue weighted by molar-refractivity contribution is -0.119. The average molecular weight is 225 g/mol. The molecule has 1 fully saturated rings. The van der Waals surface area contributed by atoms with Crippen LogP contribution in [-0.2, 0) is 4.79 Å². The number of azide groups is 1. The summed E-state index contributed by atoms with van der Waals surface area (Å²) in [7, 11) is 0. The fourth-order valence-electron chi connectivity index (χ4n) is 1.87. The van der Waals surface area contributed by atoms with E-state index in [1.807, 2.05) is 0 Å². The standard InChI is InChI=1S/C10H19N5O/c11-14-13-9-10(16)12-5-4-8-15-6-2-1-3-7-15/h1-9H2,(H,12,16). The first kappa shape index (κ1) is 12.8. The molecule has 0 aliphatic carbocycles. The van der Waals surface area contributed by atoms with E-state index in [2.05, 4.69) is 20.2 Å². The first-order valence-electron chi connectivity index (χ1n) is 5.83. The van der Waals surface area contributed by atoms with Crippen LogP contribution in [0.2, 0.25) is 0 Å². The van der Waals surface area contributed by atoms with E-state index < -0.39 is 0 Å². The Kier molecular flexibility index (Phi) is 6.37. The van der Waals surface area contributed by atoms with E-state index in [0.717, 1.165) is 13.0 Å². The molecule has 90 valence electrons. The fraction of sp³-hybridized carbons (Fsp3) is 0.900. The molecule has 0 bridgehead atoms. The molecule has 0 radical (unpaired) electrons.